The Balaban J connectivity index is 1.41. The van der Waals surface area contributed by atoms with Crippen LogP contribution < -0.4 is 10.6 Å². The minimum absolute atomic E-state index is 0.0380. The molecule has 0 radical (unpaired) electrons. The van der Waals surface area contributed by atoms with E-state index in [9.17, 15) is 4.79 Å². The first-order chi connectivity index (χ1) is 13.1. The number of nitrogens with zero attached hydrogens (tertiary/aromatic N) is 1. The highest BCUT2D eigenvalue weighted by Crippen LogP contribution is 2.23. The third-order valence-corrected chi connectivity index (χ3v) is 5.14. The fraction of sp³-hybridized carbons (Fsp3) is 0.350. The van der Waals surface area contributed by atoms with Crippen molar-refractivity contribution in [3.05, 3.63) is 69.7 Å². The molecule has 0 unspecified atom stereocenters. The van der Waals surface area contributed by atoms with Gasteiger partial charge in [-0.1, -0.05) is 59.6 Å². The van der Waals surface area contributed by atoms with E-state index >= 15 is 0 Å². The van der Waals surface area contributed by atoms with Crippen LogP contribution in [0.4, 0.5) is 4.79 Å². The van der Waals surface area contributed by atoms with Gasteiger partial charge in [0.2, 0.25) is 0 Å². The Morgan fingerprint density at radius 3 is 2.67 bits per heavy atom. The van der Waals surface area contributed by atoms with Gasteiger partial charge in [-0.2, -0.15) is 0 Å². The van der Waals surface area contributed by atoms with Gasteiger partial charge < -0.3 is 15.4 Å². The number of carbonyl (C=O) groups excluding carboxylic acids is 1. The van der Waals surface area contributed by atoms with Crippen LogP contribution >= 0.6 is 23.2 Å². The van der Waals surface area contributed by atoms with Crippen LogP contribution in [-0.4, -0.2) is 43.3 Å². The van der Waals surface area contributed by atoms with Gasteiger partial charge in [0.15, 0.2) is 0 Å². The van der Waals surface area contributed by atoms with E-state index in [4.69, 9.17) is 27.9 Å². The molecule has 3 rings (SSSR count). The van der Waals surface area contributed by atoms with Crippen molar-refractivity contribution in [1.29, 1.82) is 0 Å². The van der Waals surface area contributed by atoms with Crippen LogP contribution in [0.3, 0.4) is 0 Å². The van der Waals surface area contributed by atoms with E-state index in [1.165, 1.54) is 0 Å². The van der Waals surface area contributed by atoms with Gasteiger partial charge in [0.25, 0.3) is 0 Å². The molecule has 1 fully saturated rings. The van der Waals surface area contributed by atoms with Crippen LogP contribution in [0.5, 0.6) is 0 Å². The SMILES string of the molecule is O=C(NCc1ccccc1)NC[C@H]1CN(Cc2ccc(Cl)c(Cl)c2)CCO1. The van der Waals surface area contributed by atoms with Gasteiger partial charge in [0.05, 0.1) is 22.8 Å². The number of rotatable bonds is 6. The lowest BCUT2D eigenvalue weighted by atomic mass is 10.2. The number of carbonyl (C=O) groups is 1. The van der Waals surface area contributed by atoms with Gasteiger partial charge in [0.1, 0.15) is 0 Å². The van der Waals surface area contributed by atoms with E-state index in [1.807, 2.05) is 48.5 Å². The van der Waals surface area contributed by atoms with Crippen molar-refractivity contribution < 1.29 is 9.53 Å². The van der Waals surface area contributed by atoms with Gasteiger partial charge in [-0.3, -0.25) is 4.90 Å². The van der Waals surface area contributed by atoms with Crippen molar-refractivity contribution >= 4 is 29.2 Å². The molecular weight excluding hydrogens is 385 g/mol. The number of morpholine rings is 1. The Bertz CT molecular complexity index is 758. The van der Waals surface area contributed by atoms with E-state index in [1.54, 1.807) is 0 Å². The highest BCUT2D eigenvalue weighted by atomic mass is 35.5. The summed E-state index contributed by atoms with van der Waals surface area (Å²) in [6.45, 7) is 3.98. The maximum absolute atomic E-state index is 12.0. The minimum atomic E-state index is -0.191. The minimum Gasteiger partial charge on any atom is -0.374 e. The third-order valence-electron chi connectivity index (χ3n) is 4.40. The molecule has 2 aromatic rings. The predicted octanol–water partition coefficient (Wildman–Crippen LogP) is 3.69. The van der Waals surface area contributed by atoms with Crippen LogP contribution in [0.15, 0.2) is 48.5 Å². The zero-order chi connectivity index (χ0) is 19.1. The molecule has 2 amide bonds. The van der Waals surface area contributed by atoms with Crippen molar-refractivity contribution in [1.82, 2.24) is 15.5 Å². The normalized spacial score (nSPS) is 17.5. The highest BCUT2D eigenvalue weighted by Gasteiger charge is 2.21. The Hall–Kier alpha value is -1.79. The lowest BCUT2D eigenvalue weighted by Crippen LogP contribution is -2.48. The first kappa shape index (κ1) is 20.0. The van der Waals surface area contributed by atoms with Gasteiger partial charge >= 0.3 is 6.03 Å². The lowest BCUT2D eigenvalue weighted by Gasteiger charge is -2.33. The summed E-state index contributed by atoms with van der Waals surface area (Å²) < 4.78 is 5.77. The standard InChI is InChI=1S/C20H23Cl2N3O2/c21-18-7-6-16(10-19(18)22)13-25-8-9-27-17(14-25)12-24-20(26)23-11-15-4-2-1-3-5-15/h1-7,10,17H,8-9,11-14H2,(H2,23,24,26)/t17-/m0/s1. The van der Waals surface area contributed by atoms with Crippen molar-refractivity contribution in [2.45, 2.75) is 19.2 Å². The maximum Gasteiger partial charge on any atom is 0.315 e. The zero-order valence-corrected chi connectivity index (χ0v) is 16.5. The molecule has 0 spiro atoms. The van der Waals surface area contributed by atoms with Crippen LogP contribution in [0, 0.1) is 0 Å². The summed E-state index contributed by atoms with van der Waals surface area (Å²) in [6.07, 6.45) is -0.0380. The van der Waals surface area contributed by atoms with Gasteiger partial charge in [0, 0.05) is 32.7 Å². The Morgan fingerprint density at radius 2 is 1.89 bits per heavy atom. The molecule has 2 N–H and O–H groups in total. The molecule has 0 aliphatic carbocycles. The molecule has 2 aromatic carbocycles. The first-order valence-corrected chi connectivity index (χ1v) is 9.69. The number of benzene rings is 2. The second-order valence-corrected chi connectivity index (χ2v) is 7.34. The summed E-state index contributed by atoms with van der Waals surface area (Å²) in [7, 11) is 0. The van der Waals surface area contributed by atoms with Gasteiger partial charge in [-0.05, 0) is 23.3 Å². The summed E-state index contributed by atoms with van der Waals surface area (Å²) >= 11 is 12.1. The summed E-state index contributed by atoms with van der Waals surface area (Å²) in [5.41, 5.74) is 2.17. The van der Waals surface area contributed by atoms with Crippen LogP contribution in [0.25, 0.3) is 0 Å². The molecule has 7 heteroatoms. The smallest absolute Gasteiger partial charge is 0.315 e. The Morgan fingerprint density at radius 1 is 1.07 bits per heavy atom. The van der Waals surface area contributed by atoms with E-state index in [2.05, 4.69) is 15.5 Å². The number of ether oxygens (including phenoxy) is 1. The molecule has 27 heavy (non-hydrogen) atoms. The molecule has 0 bridgehead atoms. The van der Waals surface area contributed by atoms with E-state index in [-0.39, 0.29) is 12.1 Å². The average Bonchev–Trinajstić information content (AvgIpc) is 2.69. The van der Waals surface area contributed by atoms with Crippen molar-refractivity contribution in [2.24, 2.45) is 0 Å². The predicted molar refractivity (Wildman–Crippen MR) is 108 cm³/mol. The molecule has 1 aliphatic rings. The fourth-order valence-corrected chi connectivity index (χ4v) is 3.31. The topological polar surface area (TPSA) is 53.6 Å². The number of hydrogen-bond acceptors (Lipinski definition) is 3. The number of urea groups is 1. The Kier molecular flexibility index (Phi) is 7.35. The van der Waals surface area contributed by atoms with E-state index in [0.29, 0.717) is 29.7 Å². The van der Waals surface area contributed by atoms with Crippen molar-refractivity contribution in [2.75, 3.05) is 26.2 Å². The molecular formula is C20H23Cl2N3O2. The lowest BCUT2D eigenvalue weighted by molar-refractivity contribution is -0.0287. The Labute approximate surface area is 169 Å². The summed E-state index contributed by atoms with van der Waals surface area (Å²) in [4.78, 5) is 14.3. The van der Waals surface area contributed by atoms with E-state index in [0.717, 1.165) is 30.8 Å². The molecule has 5 nitrogen and oxygen atoms in total. The van der Waals surface area contributed by atoms with Crippen LogP contribution in [0.2, 0.25) is 10.0 Å². The fourth-order valence-electron chi connectivity index (χ4n) is 2.99. The van der Waals surface area contributed by atoms with Gasteiger partial charge in [-0.25, -0.2) is 4.79 Å². The van der Waals surface area contributed by atoms with E-state index < -0.39 is 0 Å². The third kappa shape index (κ3) is 6.40. The summed E-state index contributed by atoms with van der Waals surface area (Å²) in [5.74, 6) is 0. The second kappa shape index (κ2) is 9.95. The van der Waals surface area contributed by atoms with Gasteiger partial charge in [-0.15, -0.1) is 0 Å². The second-order valence-electron chi connectivity index (χ2n) is 6.53. The number of halogens is 2. The maximum atomic E-state index is 12.0. The highest BCUT2D eigenvalue weighted by molar-refractivity contribution is 6.42. The quantitative estimate of drug-likeness (QED) is 0.767. The molecule has 144 valence electrons. The average molecular weight is 408 g/mol. The molecule has 0 saturated carbocycles. The van der Waals surface area contributed by atoms with Crippen molar-refractivity contribution in [3.8, 4) is 0 Å². The van der Waals surface area contributed by atoms with Crippen molar-refractivity contribution in [3.63, 3.8) is 0 Å². The largest absolute Gasteiger partial charge is 0.374 e. The summed E-state index contributed by atoms with van der Waals surface area (Å²) in [5, 5.41) is 6.86. The molecule has 1 saturated heterocycles. The van der Waals surface area contributed by atoms with Crippen LogP contribution in [0.1, 0.15) is 11.1 Å². The molecule has 1 atom stereocenters. The van der Waals surface area contributed by atoms with Crippen LogP contribution in [-0.2, 0) is 17.8 Å². The summed E-state index contributed by atoms with van der Waals surface area (Å²) in [6, 6.07) is 15.3. The zero-order valence-electron chi connectivity index (χ0n) is 15.0. The molecule has 1 heterocycles. The molecule has 1 aliphatic heterocycles. The monoisotopic (exact) mass is 407 g/mol. The number of amides is 2. The number of nitrogens with one attached hydrogen (secondary N) is 2. The molecule has 0 aromatic heterocycles. The first-order valence-electron chi connectivity index (χ1n) is 8.93. The number of hydrogen-bond donors (Lipinski definition) is 2.